The molecule has 1 aromatic carbocycles. The van der Waals surface area contributed by atoms with E-state index < -0.39 is 28.6 Å². The van der Waals surface area contributed by atoms with Crippen molar-refractivity contribution in [3.63, 3.8) is 0 Å². The standard InChI is InChI=1S/C18H19ClFN3O4/c1-11-7-15(24)23(21-9-12-8-13(20)5-6-14(12)19)17(26)22(11)10-16(25)27-18(2,3)4/h5-9H,10H2,1-4H3/b21-9-. The Morgan fingerprint density at radius 1 is 1.30 bits per heavy atom. The van der Waals surface area contributed by atoms with Gasteiger partial charge in [0.05, 0.1) is 6.21 Å². The van der Waals surface area contributed by atoms with E-state index in [1.807, 2.05) is 0 Å². The lowest BCUT2D eigenvalue weighted by Gasteiger charge is -2.20. The lowest BCUT2D eigenvalue weighted by molar-refractivity contribution is -0.155. The summed E-state index contributed by atoms with van der Waals surface area (Å²) in [6.45, 7) is 6.25. The second kappa shape index (κ2) is 7.87. The van der Waals surface area contributed by atoms with Gasteiger partial charge in [-0.1, -0.05) is 11.6 Å². The Hall–Kier alpha value is -2.74. The van der Waals surface area contributed by atoms with E-state index in [0.29, 0.717) is 4.68 Å². The first kappa shape index (κ1) is 20.6. The minimum absolute atomic E-state index is 0.197. The van der Waals surface area contributed by atoms with Crippen LogP contribution in [0.2, 0.25) is 5.02 Å². The first-order valence-electron chi connectivity index (χ1n) is 8.03. The van der Waals surface area contributed by atoms with Gasteiger partial charge in [-0.3, -0.25) is 14.2 Å². The van der Waals surface area contributed by atoms with Crippen LogP contribution in [0.1, 0.15) is 32.0 Å². The zero-order chi connectivity index (χ0) is 20.4. The molecule has 0 saturated heterocycles. The smallest absolute Gasteiger partial charge is 0.352 e. The first-order chi connectivity index (χ1) is 12.5. The van der Waals surface area contributed by atoms with Gasteiger partial charge in [-0.25, -0.2) is 9.18 Å². The lowest BCUT2D eigenvalue weighted by Crippen LogP contribution is -2.40. The van der Waals surface area contributed by atoms with Crippen LogP contribution < -0.4 is 11.2 Å². The van der Waals surface area contributed by atoms with Crippen LogP contribution in [-0.2, 0) is 16.1 Å². The second-order valence-electron chi connectivity index (χ2n) is 6.80. The monoisotopic (exact) mass is 395 g/mol. The molecule has 27 heavy (non-hydrogen) atoms. The number of benzene rings is 1. The van der Waals surface area contributed by atoms with Crippen LogP contribution in [0.4, 0.5) is 4.39 Å². The quantitative estimate of drug-likeness (QED) is 0.587. The molecule has 0 aliphatic rings. The summed E-state index contributed by atoms with van der Waals surface area (Å²) in [4.78, 5) is 36.7. The Morgan fingerprint density at radius 3 is 2.59 bits per heavy atom. The third kappa shape index (κ3) is 5.37. The summed E-state index contributed by atoms with van der Waals surface area (Å²) in [6.07, 6.45) is 1.10. The third-order valence-electron chi connectivity index (χ3n) is 3.36. The van der Waals surface area contributed by atoms with Crippen molar-refractivity contribution >= 4 is 23.8 Å². The van der Waals surface area contributed by atoms with Crippen LogP contribution >= 0.6 is 11.6 Å². The molecule has 2 aromatic rings. The number of esters is 1. The molecule has 0 aliphatic heterocycles. The number of hydrogen-bond donors (Lipinski definition) is 0. The molecule has 0 spiro atoms. The molecule has 0 amide bonds. The molecule has 0 aliphatic carbocycles. The highest BCUT2D eigenvalue weighted by Crippen LogP contribution is 2.14. The number of halogens is 2. The molecule has 7 nitrogen and oxygen atoms in total. The fourth-order valence-electron chi connectivity index (χ4n) is 2.21. The van der Waals surface area contributed by atoms with Gasteiger partial charge in [-0.05, 0) is 45.9 Å². The van der Waals surface area contributed by atoms with Crippen molar-refractivity contribution in [3.8, 4) is 0 Å². The zero-order valence-corrected chi connectivity index (χ0v) is 16.1. The maximum atomic E-state index is 13.3. The van der Waals surface area contributed by atoms with Gasteiger partial charge < -0.3 is 4.74 Å². The Kier molecular flexibility index (Phi) is 6.00. The molecule has 0 fully saturated rings. The molecule has 9 heteroatoms. The van der Waals surface area contributed by atoms with E-state index in [2.05, 4.69) is 5.10 Å². The molecule has 144 valence electrons. The van der Waals surface area contributed by atoms with Crippen molar-refractivity contribution in [2.45, 2.75) is 39.8 Å². The molecule has 0 atom stereocenters. The number of aromatic nitrogens is 2. The van der Waals surface area contributed by atoms with E-state index in [4.69, 9.17) is 16.3 Å². The van der Waals surface area contributed by atoms with Crippen molar-refractivity contribution in [1.82, 2.24) is 9.24 Å². The normalized spacial score (nSPS) is 11.8. The molecule has 0 unspecified atom stereocenters. The maximum absolute atomic E-state index is 13.3. The number of nitrogens with zero attached hydrogens (tertiary/aromatic N) is 3. The minimum atomic E-state index is -0.824. The zero-order valence-electron chi connectivity index (χ0n) is 15.3. The number of aryl methyl sites for hydroxylation is 1. The van der Waals surface area contributed by atoms with Crippen LogP contribution in [0.3, 0.4) is 0 Å². The predicted octanol–water partition coefficient (Wildman–Crippen LogP) is 2.33. The van der Waals surface area contributed by atoms with Crippen LogP contribution in [-0.4, -0.2) is 27.0 Å². The second-order valence-corrected chi connectivity index (χ2v) is 7.21. The van der Waals surface area contributed by atoms with Crippen molar-refractivity contribution in [2.24, 2.45) is 5.10 Å². The Balaban J connectivity index is 2.42. The van der Waals surface area contributed by atoms with Gasteiger partial charge in [0, 0.05) is 22.3 Å². The summed E-state index contributed by atoms with van der Waals surface area (Å²) in [5.74, 6) is -1.17. The highest BCUT2D eigenvalue weighted by molar-refractivity contribution is 6.33. The van der Waals surface area contributed by atoms with Crippen molar-refractivity contribution in [1.29, 1.82) is 0 Å². The number of carbonyl (C=O) groups is 1. The first-order valence-corrected chi connectivity index (χ1v) is 8.40. The summed E-state index contributed by atoms with van der Waals surface area (Å²) in [5.41, 5.74) is -1.75. The fourth-order valence-corrected chi connectivity index (χ4v) is 2.38. The van der Waals surface area contributed by atoms with Gasteiger partial charge in [0.25, 0.3) is 5.56 Å². The topological polar surface area (TPSA) is 82.7 Å². The highest BCUT2D eigenvalue weighted by Gasteiger charge is 2.19. The molecule has 2 rings (SSSR count). The highest BCUT2D eigenvalue weighted by atomic mass is 35.5. The Labute approximate surface area is 159 Å². The van der Waals surface area contributed by atoms with Gasteiger partial charge in [-0.2, -0.15) is 5.10 Å². The van der Waals surface area contributed by atoms with E-state index in [1.165, 1.54) is 19.1 Å². The number of rotatable bonds is 4. The Morgan fingerprint density at radius 2 is 1.96 bits per heavy atom. The number of ether oxygens (including phenoxy) is 1. The molecular weight excluding hydrogens is 377 g/mol. The summed E-state index contributed by atoms with van der Waals surface area (Å²) < 4.78 is 20.2. The summed E-state index contributed by atoms with van der Waals surface area (Å²) in [7, 11) is 0. The molecule has 0 radical (unpaired) electrons. The van der Waals surface area contributed by atoms with Crippen LogP contribution in [0, 0.1) is 12.7 Å². The minimum Gasteiger partial charge on any atom is -0.459 e. The molecule has 0 saturated carbocycles. The predicted molar refractivity (Wildman–Crippen MR) is 99.9 cm³/mol. The van der Waals surface area contributed by atoms with Crippen LogP contribution in [0.25, 0.3) is 0 Å². The van der Waals surface area contributed by atoms with Gasteiger partial charge >= 0.3 is 11.7 Å². The molecule has 1 heterocycles. The summed E-state index contributed by atoms with van der Waals surface area (Å²) in [5, 5.41) is 4.01. The number of hydrogen-bond acceptors (Lipinski definition) is 5. The molecule has 0 N–H and O–H groups in total. The van der Waals surface area contributed by atoms with Crippen molar-refractivity contribution in [2.75, 3.05) is 0 Å². The van der Waals surface area contributed by atoms with E-state index in [0.717, 1.165) is 22.9 Å². The van der Waals surface area contributed by atoms with Crippen LogP contribution in [0.15, 0.2) is 39.0 Å². The maximum Gasteiger partial charge on any atom is 0.352 e. The van der Waals surface area contributed by atoms with E-state index in [9.17, 15) is 18.8 Å². The SMILES string of the molecule is Cc1cc(=O)n(/N=C\c2cc(F)ccc2Cl)c(=O)n1CC(=O)OC(C)(C)C. The summed E-state index contributed by atoms with van der Waals surface area (Å²) >= 11 is 5.94. The van der Waals surface area contributed by atoms with Gasteiger partial charge in [0.2, 0.25) is 0 Å². The number of carbonyl (C=O) groups excluding carboxylic acids is 1. The van der Waals surface area contributed by atoms with Crippen LogP contribution in [0.5, 0.6) is 0 Å². The van der Waals surface area contributed by atoms with Crippen molar-refractivity contribution in [3.05, 3.63) is 67.2 Å². The molecular formula is C18H19ClFN3O4. The largest absolute Gasteiger partial charge is 0.459 e. The van der Waals surface area contributed by atoms with E-state index in [-0.39, 0.29) is 22.8 Å². The van der Waals surface area contributed by atoms with Gasteiger partial charge in [-0.15, -0.1) is 4.68 Å². The van der Waals surface area contributed by atoms with E-state index in [1.54, 1.807) is 20.8 Å². The molecule has 0 bridgehead atoms. The van der Waals surface area contributed by atoms with E-state index >= 15 is 0 Å². The lowest BCUT2D eigenvalue weighted by atomic mass is 10.2. The van der Waals surface area contributed by atoms with Gasteiger partial charge in [0.15, 0.2) is 0 Å². The molecule has 1 aromatic heterocycles. The Bertz CT molecular complexity index is 1020. The average Bonchev–Trinajstić information content (AvgIpc) is 2.52. The summed E-state index contributed by atoms with van der Waals surface area (Å²) in [6, 6.07) is 4.78. The van der Waals surface area contributed by atoms with Gasteiger partial charge in [0.1, 0.15) is 18.0 Å². The fraction of sp³-hybridized carbons (Fsp3) is 0.333. The third-order valence-corrected chi connectivity index (χ3v) is 3.70. The average molecular weight is 396 g/mol. The van der Waals surface area contributed by atoms with Crippen molar-refractivity contribution < 1.29 is 13.9 Å².